The van der Waals surface area contributed by atoms with Crippen LogP contribution in [0.4, 0.5) is 0 Å². The van der Waals surface area contributed by atoms with Gasteiger partial charge >= 0.3 is 5.97 Å². The molecule has 0 aliphatic carbocycles. The standard InChI is InChI=1S/C88H101Cl2N11O27/c1-37(2)24-53(93-7)79(113)99-69-71(108)45-17-23-57(52(90)26-45)124-59-28-46-27-58(75(59)128-86-76(73(110)72(109)60(36-102)125-86)127-64-33-88(6,78(112)39(4)122-64)101-62(107)35-94-34-40-8-10-41(11-9-40)42-12-18-47(89)19-13-42)123-49-20-14-43(15-21-49)74(126-63-32-87(5,92)77(111)38(3)121-63)70-84(118)98-68(85(119)120)51-29-48(103)30-56(105)65(51)50-25-44(16-22-55(50)104)66(81(115)100-70)97-82(116)67(46)96-80(114)54(31-61(91)106)95-83(69)117/h8-23,25-30,37-39,53-54,60,63-64,66-74,76-78,86,93-94,102-105,108-112H,24,31-36,92H2,1-7H3,(H2,91,106)(H,95,117)(H,96,114)(H,97,116)(H,98,118)(H,99,113)(H,100,115)(H,101,107)(H,119,120)/t38-,39-,53+,54-,60+,63-,64-,66+,67+,68-,69+,70-,71+,72+,73-,74+,76+,77-,78-,86-,87-,88-/m0/s1. The van der Waals surface area contributed by atoms with Crippen molar-refractivity contribution >= 4 is 76.4 Å². The quantitative estimate of drug-likeness (QED) is 0.0492. The summed E-state index contributed by atoms with van der Waals surface area (Å²) < 4.78 is 52.6. The summed E-state index contributed by atoms with van der Waals surface area (Å²) in [5.41, 5.74) is 9.48. The number of nitrogens with one attached hydrogen (secondary N) is 9. The molecular formula is C88H101Cl2N11O27. The lowest BCUT2D eigenvalue weighted by Gasteiger charge is -2.48. The molecule has 128 heavy (non-hydrogen) atoms. The molecule has 40 heteroatoms. The summed E-state index contributed by atoms with van der Waals surface area (Å²) in [6.45, 7) is 8.57. The van der Waals surface area contributed by atoms with Crippen LogP contribution in [0.1, 0.15) is 131 Å². The van der Waals surface area contributed by atoms with Crippen LogP contribution < -0.4 is 73.5 Å². The lowest BCUT2D eigenvalue weighted by Crippen LogP contribution is -2.66. The number of carbonyl (C=O) groups is 9. The van der Waals surface area contributed by atoms with Crippen LogP contribution in [0.2, 0.25) is 10.0 Å². The number of aliphatic hydroxyl groups is 6. The van der Waals surface area contributed by atoms with Crippen LogP contribution in [0.15, 0.2) is 133 Å². The number of carboxylic acid groups (broad SMARTS) is 1. The molecule has 23 N–H and O–H groups in total. The molecule has 8 aliphatic heterocycles. The van der Waals surface area contributed by atoms with Crippen molar-refractivity contribution in [2.24, 2.45) is 17.4 Å². The minimum absolute atomic E-state index is 0.0633. The number of benzene rings is 7. The molecule has 22 atom stereocenters. The summed E-state index contributed by atoms with van der Waals surface area (Å²) in [4.78, 5) is 135. The van der Waals surface area contributed by atoms with Gasteiger partial charge in [-0.05, 0) is 153 Å². The highest BCUT2D eigenvalue weighted by Gasteiger charge is 2.54. The number of halogens is 2. The number of phenolic OH excluding ortho intramolecular Hbond substituents is 3. The molecule has 0 spiro atoms. The molecule has 8 aliphatic rings. The van der Waals surface area contributed by atoms with Crippen LogP contribution in [0.25, 0.3) is 22.3 Å². The molecule has 38 nitrogen and oxygen atoms in total. The fraction of sp³-hybridized carbons (Fsp3) is 0.420. The average Bonchev–Trinajstić information content (AvgIpc) is 0.742. The summed E-state index contributed by atoms with van der Waals surface area (Å²) in [5, 5.41) is 141. The predicted molar refractivity (Wildman–Crippen MR) is 453 cm³/mol. The monoisotopic (exact) mass is 1810 g/mol. The van der Waals surface area contributed by atoms with Gasteiger partial charge in [0.2, 0.25) is 59.3 Å². The number of nitrogens with two attached hydrogens (primary N) is 2. The molecule has 3 fully saturated rings. The molecule has 8 amide bonds. The van der Waals surface area contributed by atoms with E-state index in [0.29, 0.717) is 5.02 Å². The Morgan fingerprint density at radius 2 is 1.27 bits per heavy atom. The van der Waals surface area contributed by atoms with Crippen LogP contribution in [0.5, 0.6) is 46.0 Å². The van der Waals surface area contributed by atoms with E-state index in [2.05, 4.69) is 47.9 Å². The molecular weight excluding hydrogens is 1710 g/mol. The fourth-order valence-corrected chi connectivity index (χ4v) is 16.8. The normalized spacial score (nSPS) is 29.3. The first kappa shape index (κ1) is 94.2. The Morgan fingerprint density at radius 3 is 1.91 bits per heavy atom. The first-order valence-corrected chi connectivity index (χ1v) is 41.9. The molecule has 15 rings (SSSR count). The number of primary amides is 1. The SMILES string of the molecule is CN[C@H](CC(C)C)C(=O)N[C@H]1C(=O)N[C@@H](CC(N)=O)C(=O)N[C@H]2C(=O)N[C@H]3C(=O)N[C@H](C(=O)N[C@H](C(=O)O)c4cc(O)cc(O)c4-c4cc3ccc4O)[C@H](O[C@H]3C[C@](C)(N)[C@@H](O)[C@H](C)O3)c3ccc(cc3)Oc3cc2cc(c3O[C@@H]2O[C@H](CO)[C@@H](O)[C@H](O)[C@H]2O[C@H]2C[C@](C)(NC(=O)CNCc3ccc(-c4ccc(Cl)cc4)cc3)[C@@H](O)[C@H](C)O2)Oc2ccc(cc2Cl)[C@H]1O. The predicted octanol–water partition coefficient (Wildman–Crippen LogP) is 2.96. The van der Waals surface area contributed by atoms with E-state index in [1.165, 1.54) is 71.1 Å². The van der Waals surface area contributed by atoms with Crippen LogP contribution in [-0.4, -0.2) is 227 Å². The second kappa shape index (κ2) is 39.3. The van der Waals surface area contributed by atoms with Crippen molar-refractivity contribution in [2.75, 3.05) is 20.2 Å². The molecule has 684 valence electrons. The number of carbonyl (C=O) groups excluding carboxylic acids is 8. The zero-order valence-corrected chi connectivity index (χ0v) is 71.6. The van der Waals surface area contributed by atoms with Gasteiger partial charge in [0.15, 0.2) is 36.2 Å². The highest BCUT2D eigenvalue weighted by molar-refractivity contribution is 6.32. The smallest absolute Gasteiger partial charge is 0.330 e. The molecule has 0 aromatic heterocycles. The summed E-state index contributed by atoms with van der Waals surface area (Å²) >= 11 is 13.3. The van der Waals surface area contributed by atoms with E-state index in [1.54, 1.807) is 12.1 Å². The summed E-state index contributed by atoms with van der Waals surface area (Å²) in [6, 6.07) is 16.1. The fourth-order valence-electron chi connectivity index (χ4n) is 16.4. The van der Waals surface area contributed by atoms with Gasteiger partial charge in [-0.3, -0.25) is 38.4 Å². The third kappa shape index (κ3) is 21.0. The second-order valence-corrected chi connectivity index (χ2v) is 34.2. The van der Waals surface area contributed by atoms with Crippen molar-refractivity contribution in [3.8, 4) is 68.2 Å². The zero-order chi connectivity index (χ0) is 92.4. The number of fused-ring (bicyclic) bond motifs is 15. The maximum absolute atomic E-state index is 16.5. The topological polar surface area (TPSA) is 590 Å². The van der Waals surface area contributed by atoms with E-state index in [-0.39, 0.29) is 71.5 Å². The van der Waals surface area contributed by atoms with E-state index < -0.39 is 256 Å². The van der Waals surface area contributed by atoms with Crippen molar-refractivity contribution in [2.45, 2.75) is 207 Å². The highest BCUT2D eigenvalue weighted by atomic mass is 35.5. The van der Waals surface area contributed by atoms with Crippen LogP contribution >= 0.6 is 23.2 Å². The van der Waals surface area contributed by atoms with Gasteiger partial charge in [-0.25, -0.2) is 4.79 Å². The molecule has 7 aromatic carbocycles. The lowest BCUT2D eigenvalue weighted by atomic mass is 9.85. The van der Waals surface area contributed by atoms with Crippen molar-refractivity contribution < 1.29 is 132 Å². The van der Waals surface area contributed by atoms with E-state index >= 15 is 24.0 Å². The maximum Gasteiger partial charge on any atom is 0.330 e. The number of aliphatic hydroxyl groups excluding tert-OH is 6. The molecule has 0 saturated carbocycles. The number of likely N-dealkylation sites (N-methyl/N-ethyl adjacent to an activating group) is 1. The van der Waals surface area contributed by atoms with E-state index in [4.69, 9.17) is 72.6 Å². The molecule has 0 unspecified atom stereocenters. The number of amides is 8. The number of aromatic hydroxyl groups is 3. The minimum Gasteiger partial charge on any atom is -0.508 e. The number of hydrogen-bond acceptors (Lipinski definition) is 29. The van der Waals surface area contributed by atoms with E-state index in [1.807, 2.05) is 50.2 Å². The van der Waals surface area contributed by atoms with Gasteiger partial charge in [-0.1, -0.05) is 97.7 Å². The van der Waals surface area contributed by atoms with Gasteiger partial charge in [0.05, 0.1) is 54.5 Å². The molecule has 7 aromatic rings. The first-order chi connectivity index (χ1) is 60.7. The zero-order valence-electron chi connectivity index (χ0n) is 70.1. The van der Waals surface area contributed by atoms with Gasteiger partial charge in [-0.2, -0.15) is 0 Å². The Morgan fingerprint density at radius 1 is 0.648 bits per heavy atom. The number of rotatable bonds is 21. The number of carboxylic acids is 1. The molecule has 0 radical (unpaired) electrons. The van der Waals surface area contributed by atoms with Gasteiger partial charge in [0.1, 0.15) is 95.6 Å². The lowest BCUT2D eigenvalue weighted by molar-refractivity contribution is -0.334. The van der Waals surface area contributed by atoms with Gasteiger partial charge in [-0.15, -0.1) is 0 Å². The van der Waals surface area contributed by atoms with E-state index in [9.17, 15) is 70.2 Å². The summed E-state index contributed by atoms with van der Waals surface area (Å²) in [5.74, 6) is -16.4. The highest BCUT2D eigenvalue weighted by Crippen LogP contribution is 2.50. The number of hydrogen-bond donors (Lipinski definition) is 21. The van der Waals surface area contributed by atoms with Crippen molar-refractivity contribution in [3.63, 3.8) is 0 Å². The first-order valence-electron chi connectivity index (χ1n) is 41.1. The molecule has 8 heterocycles. The average molecular weight is 1820 g/mol. The second-order valence-electron chi connectivity index (χ2n) is 33.4. The van der Waals surface area contributed by atoms with Crippen molar-refractivity contribution in [1.82, 2.24) is 47.9 Å². The van der Waals surface area contributed by atoms with Crippen LogP contribution in [0.3, 0.4) is 0 Å². The number of aliphatic carboxylic acids is 1. The number of ether oxygens (including phenoxy) is 8. The Hall–Kier alpha value is -11.4. The Balaban J connectivity index is 0.976. The summed E-state index contributed by atoms with van der Waals surface area (Å²) in [7, 11) is 1.47. The van der Waals surface area contributed by atoms with Gasteiger partial charge in [0, 0.05) is 52.7 Å². The molecule has 11 bridgehead atoms. The Labute approximate surface area is 742 Å². The third-order valence-electron chi connectivity index (χ3n) is 23.2. The molecule has 3 saturated heterocycles. The van der Waals surface area contributed by atoms with Crippen LogP contribution in [0, 0.1) is 5.92 Å². The Kier molecular flexibility index (Phi) is 28.9. The van der Waals surface area contributed by atoms with Gasteiger partial charge < -0.3 is 148 Å². The van der Waals surface area contributed by atoms with E-state index in [0.717, 1.165) is 65.2 Å². The Bertz CT molecular complexity index is 5330. The van der Waals surface area contributed by atoms with Crippen molar-refractivity contribution in [3.05, 3.63) is 177 Å². The van der Waals surface area contributed by atoms with Gasteiger partial charge in [0.25, 0.3) is 0 Å². The van der Waals surface area contributed by atoms with Crippen LogP contribution in [-0.2, 0) is 73.4 Å². The third-order valence-corrected chi connectivity index (χ3v) is 23.7. The maximum atomic E-state index is 16.5. The van der Waals surface area contributed by atoms with Crippen molar-refractivity contribution in [1.29, 1.82) is 0 Å². The minimum atomic E-state index is -2.39. The largest absolute Gasteiger partial charge is 0.508 e. The number of phenols is 3. The summed E-state index contributed by atoms with van der Waals surface area (Å²) in [6.07, 6.45) is -23.7.